The zero-order chi connectivity index (χ0) is 19.1. The Morgan fingerprint density at radius 2 is 1.81 bits per heavy atom. The molecule has 0 saturated carbocycles. The van der Waals surface area contributed by atoms with Crippen molar-refractivity contribution in [2.45, 2.75) is 13.5 Å². The third-order valence-corrected chi connectivity index (χ3v) is 3.96. The van der Waals surface area contributed by atoms with E-state index in [9.17, 15) is 4.79 Å². The SMILES string of the molecule is CCOc1ccc(NC(=O)c2cc(NCc3ccc(Cl)cc3)ncn2)cc1. The molecule has 0 bridgehead atoms. The van der Waals surface area contributed by atoms with Crippen LogP contribution in [-0.4, -0.2) is 22.5 Å². The molecular weight excluding hydrogens is 364 g/mol. The number of nitrogens with one attached hydrogen (secondary N) is 2. The summed E-state index contributed by atoms with van der Waals surface area (Å²) in [5.41, 5.74) is 1.99. The second-order valence-electron chi connectivity index (χ2n) is 5.68. The predicted octanol–water partition coefficient (Wildman–Crippen LogP) is 4.39. The standard InChI is InChI=1S/C20H19ClN4O2/c1-2-27-17-9-7-16(8-10-17)25-20(26)18-11-19(24-13-23-18)22-12-14-3-5-15(21)6-4-14/h3-11,13H,2,12H2,1H3,(H,25,26)(H,22,23,24). The van der Waals surface area contributed by atoms with Crippen LogP contribution >= 0.6 is 11.6 Å². The molecule has 3 rings (SSSR count). The number of halogens is 1. The number of nitrogens with zero attached hydrogens (tertiary/aromatic N) is 2. The van der Waals surface area contributed by atoms with Gasteiger partial charge in [-0.15, -0.1) is 0 Å². The van der Waals surface area contributed by atoms with Crippen molar-refractivity contribution in [3.63, 3.8) is 0 Å². The van der Waals surface area contributed by atoms with Crippen molar-refractivity contribution in [2.24, 2.45) is 0 Å². The van der Waals surface area contributed by atoms with E-state index in [1.54, 1.807) is 30.3 Å². The highest BCUT2D eigenvalue weighted by molar-refractivity contribution is 6.30. The van der Waals surface area contributed by atoms with Gasteiger partial charge in [0.15, 0.2) is 0 Å². The van der Waals surface area contributed by atoms with E-state index in [0.29, 0.717) is 29.7 Å². The van der Waals surface area contributed by atoms with E-state index in [-0.39, 0.29) is 11.6 Å². The first-order chi connectivity index (χ1) is 13.1. The Kier molecular flexibility index (Phi) is 6.22. The molecule has 0 aliphatic rings. The lowest BCUT2D eigenvalue weighted by molar-refractivity contribution is 0.102. The van der Waals surface area contributed by atoms with Gasteiger partial charge in [-0.05, 0) is 48.9 Å². The molecule has 1 amide bonds. The molecule has 2 aromatic carbocycles. The van der Waals surface area contributed by atoms with Gasteiger partial charge < -0.3 is 15.4 Å². The van der Waals surface area contributed by atoms with Gasteiger partial charge in [0.1, 0.15) is 23.6 Å². The number of carbonyl (C=O) groups is 1. The topological polar surface area (TPSA) is 76.1 Å². The van der Waals surface area contributed by atoms with Crippen molar-refractivity contribution in [3.8, 4) is 5.75 Å². The van der Waals surface area contributed by atoms with Crippen LogP contribution in [0.1, 0.15) is 23.0 Å². The van der Waals surface area contributed by atoms with Crippen LogP contribution in [0.25, 0.3) is 0 Å². The average Bonchev–Trinajstić information content (AvgIpc) is 2.69. The number of anilines is 2. The highest BCUT2D eigenvalue weighted by Crippen LogP contribution is 2.17. The fourth-order valence-corrected chi connectivity index (χ4v) is 2.50. The van der Waals surface area contributed by atoms with Gasteiger partial charge in [-0.2, -0.15) is 0 Å². The summed E-state index contributed by atoms with van der Waals surface area (Å²) in [5.74, 6) is 1.01. The van der Waals surface area contributed by atoms with Crippen molar-refractivity contribution >= 4 is 29.0 Å². The van der Waals surface area contributed by atoms with E-state index in [1.807, 2.05) is 31.2 Å². The molecule has 0 unspecified atom stereocenters. The van der Waals surface area contributed by atoms with Crippen LogP contribution in [0.4, 0.5) is 11.5 Å². The first-order valence-corrected chi connectivity index (χ1v) is 8.86. The number of rotatable bonds is 7. The summed E-state index contributed by atoms with van der Waals surface area (Å²) >= 11 is 5.88. The lowest BCUT2D eigenvalue weighted by Gasteiger charge is -2.09. The largest absolute Gasteiger partial charge is 0.494 e. The molecule has 138 valence electrons. The fraction of sp³-hybridized carbons (Fsp3) is 0.150. The smallest absolute Gasteiger partial charge is 0.274 e. The van der Waals surface area contributed by atoms with E-state index in [2.05, 4.69) is 20.6 Å². The Morgan fingerprint density at radius 3 is 2.52 bits per heavy atom. The molecule has 2 N–H and O–H groups in total. The minimum Gasteiger partial charge on any atom is -0.494 e. The Hall–Kier alpha value is -3.12. The molecule has 0 fully saturated rings. The Balaban J connectivity index is 1.61. The highest BCUT2D eigenvalue weighted by Gasteiger charge is 2.09. The maximum absolute atomic E-state index is 12.4. The van der Waals surface area contributed by atoms with Gasteiger partial charge in [0.25, 0.3) is 5.91 Å². The van der Waals surface area contributed by atoms with E-state index >= 15 is 0 Å². The van der Waals surface area contributed by atoms with E-state index in [1.165, 1.54) is 6.33 Å². The van der Waals surface area contributed by atoms with Crippen molar-refractivity contribution in [2.75, 3.05) is 17.2 Å². The molecule has 6 nitrogen and oxygen atoms in total. The van der Waals surface area contributed by atoms with E-state index in [4.69, 9.17) is 16.3 Å². The Labute approximate surface area is 162 Å². The number of amides is 1. The second-order valence-corrected chi connectivity index (χ2v) is 6.12. The van der Waals surface area contributed by atoms with Gasteiger partial charge in [0.2, 0.25) is 0 Å². The molecule has 3 aromatic rings. The molecule has 1 aromatic heterocycles. The normalized spacial score (nSPS) is 10.3. The zero-order valence-electron chi connectivity index (χ0n) is 14.8. The van der Waals surface area contributed by atoms with Crippen LogP contribution < -0.4 is 15.4 Å². The summed E-state index contributed by atoms with van der Waals surface area (Å²) in [6.45, 7) is 3.08. The van der Waals surface area contributed by atoms with Crippen LogP contribution in [0, 0.1) is 0 Å². The molecule has 0 atom stereocenters. The monoisotopic (exact) mass is 382 g/mol. The number of hydrogen-bond donors (Lipinski definition) is 2. The third kappa shape index (κ3) is 5.43. The van der Waals surface area contributed by atoms with Crippen LogP contribution in [-0.2, 0) is 6.54 Å². The van der Waals surface area contributed by atoms with Crippen LogP contribution in [0.15, 0.2) is 60.9 Å². The third-order valence-electron chi connectivity index (χ3n) is 3.71. The molecule has 7 heteroatoms. The minimum absolute atomic E-state index is 0.275. The second kappa shape index (κ2) is 9.00. The molecule has 1 heterocycles. The van der Waals surface area contributed by atoms with Gasteiger partial charge in [0.05, 0.1) is 6.61 Å². The van der Waals surface area contributed by atoms with Gasteiger partial charge >= 0.3 is 0 Å². The van der Waals surface area contributed by atoms with Crippen molar-refractivity contribution in [1.29, 1.82) is 0 Å². The maximum Gasteiger partial charge on any atom is 0.274 e. The van der Waals surface area contributed by atoms with Gasteiger partial charge in [-0.25, -0.2) is 9.97 Å². The summed E-state index contributed by atoms with van der Waals surface area (Å²) in [6.07, 6.45) is 1.36. The molecule has 27 heavy (non-hydrogen) atoms. The summed E-state index contributed by atoms with van der Waals surface area (Å²) in [6, 6.07) is 16.3. The number of aromatic nitrogens is 2. The lowest BCUT2D eigenvalue weighted by Crippen LogP contribution is -2.14. The molecule has 0 saturated heterocycles. The maximum atomic E-state index is 12.4. The number of benzene rings is 2. The molecule has 0 aliphatic heterocycles. The fourth-order valence-electron chi connectivity index (χ4n) is 2.37. The van der Waals surface area contributed by atoms with E-state index in [0.717, 1.165) is 11.3 Å². The molecule has 0 radical (unpaired) electrons. The van der Waals surface area contributed by atoms with Gasteiger partial charge in [0, 0.05) is 23.3 Å². The predicted molar refractivity (Wildman–Crippen MR) is 106 cm³/mol. The quantitative estimate of drug-likeness (QED) is 0.633. The number of carbonyl (C=O) groups excluding carboxylic acids is 1. The summed E-state index contributed by atoms with van der Waals surface area (Å²) in [5, 5.41) is 6.67. The van der Waals surface area contributed by atoms with E-state index < -0.39 is 0 Å². The highest BCUT2D eigenvalue weighted by atomic mass is 35.5. The Morgan fingerprint density at radius 1 is 1.07 bits per heavy atom. The summed E-state index contributed by atoms with van der Waals surface area (Å²) in [4.78, 5) is 20.6. The average molecular weight is 383 g/mol. The summed E-state index contributed by atoms with van der Waals surface area (Å²) < 4.78 is 5.39. The lowest BCUT2D eigenvalue weighted by atomic mass is 10.2. The van der Waals surface area contributed by atoms with Crippen LogP contribution in [0.3, 0.4) is 0 Å². The van der Waals surface area contributed by atoms with Crippen LogP contribution in [0.2, 0.25) is 5.02 Å². The zero-order valence-corrected chi connectivity index (χ0v) is 15.5. The minimum atomic E-state index is -0.309. The molecule has 0 aliphatic carbocycles. The molecule has 0 spiro atoms. The first-order valence-electron chi connectivity index (χ1n) is 8.48. The molecular formula is C20H19ClN4O2. The van der Waals surface area contributed by atoms with Crippen molar-refractivity contribution in [3.05, 3.63) is 77.2 Å². The van der Waals surface area contributed by atoms with Crippen LogP contribution in [0.5, 0.6) is 5.75 Å². The Bertz CT molecular complexity index is 899. The van der Waals surface area contributed by atoms with Gasteiger partial charge in [-0.3, -0.25) is 4.79 Å². The van der Waals surface area contributed by atoms with Crippen molar-refractivity contribution < 1.29 is 9.53 Å². The number of hydrogen-bond acceptors (Lipinski definition) is 5. The first kappa shape index (κ1) is 18.7. The van der Waals surface area contributed by atoms with Gasteiger partial charge in [-0.1, -0.05) is 23.7 Å². The number of ether oxygens (including phenoxy) is 1. The summed E-state index contributed by atoms with van der Waals surface area (Å²) in [7, 11) is 0. The van der Waals surface area contributed by atoms with Crippen molar-refractivity contribution in [1.82, 2.24) is 9.97 Å².